The first-order valence-electron chi connectivity index (χ1n) is 7.07. The molecule has 1 aliphatic carbocycles. The monoisotopic (exact) mass is 269 g/mol. The first kappa shape index (κ1) is 16.0. The van der Waals surface area contributed by atoms with Crippen molar-refractivity contribution < 1.29 is 9.59 Å². The molecule has 19 heavy (non-hydrogen) atoms. The van der Waals surface area contributed by atoms with Crippen LogP contribution in [0, 0.1) is 11.8 Å². The van der Waals surface area contributed by atoms with Gasteiger partial charge >= 0.3 is 0 Å². The molecule has 0 radical (unpaired) electrons. The molecule has 1 fully saturated rings. The van der Waals surface area contributed by atoms with Gasteiger partial charge in [0.15, 0.2) is 0 Å². The largest absolute Gasteiger partial charge is 0.370 e. The zero-order valence-corrected chi connectivity index (χ0v) is 12.2. The molecule has 0 aromatic rings. The van der Waals surface area contributed by atoms with E-state index < -0.39 is 11.4 Å². The molecule has 2 amide bonds. The molecule has 0 saturated heterocycles. The molecule has 0 heterocycles. The minimum Gasteiger partial charge on any atom is -0.370 e. The number of amides is 2. The van der Waals surface area contributed by atoms with Crippen molar-refractivity contribution in [2.24, 2.45) is 23.3 Å². The van der Waals surface area contributed by atoms with Crippen LogP contribution in [0.15, 0.2) is 0 Å². The molecule has 0 aromatic carbocycles. The number of carbonyl (C=O) groups excluding carboxylic acids is 2. The Balaban J connectivity index is 2.54. The number of nitrogens with two attached hydrogens (primary N) is 2. The second-order valence-corrected chi connectivity index (χ2v) is 6.49. The highest BCUT2D eigenvalue weighted by atomic mass is 16.2. The second-order valence-electron chi connectivity index (χ2n) is 6.49. The van der Waals surface area contributed by atoms with Crippen molar-refractivity contribution in [3.8, 4) is 0 Å². The summed E-state index contributed by atoms with van der Waals surface area (Å²) in [6, 6.07) is 0.215. The van der Waals surface area contributed by atoms with Gasteiger partial charge in [-0.1, -0.05) is 13.3 Å². The van der Waals surface area contributed by atoms with Crippen molar-refractivity contribution in [1.82, 2.24) is 5.32 Å². The molecule has 1 rings (SSSR count). The first-order chi connectivity index (χ1) is 8.71. The summed E-state index contributed by atoms with van der Waals surface area (Å²) >= 11 is 0. The normalized spacial score (nSPS) is 25.7. The Hall–Kier alpha value is -1.10. The third-order valence-corrected chi connectivity index (χ3v) is 3.95. The highest BCUT2D eigenvalue weighted by molar-refractivity contribution is 5.81. The van der Waals surface area contributed by atoms with Crippen LogP contribution < -0.4 is 16.8 Å². The van der Waals surface area contributed by atoms with Crippen LogP contribution in [-0.4, -0.2) is 23.4 Å². The maximum Gasteiger partial charge on any atom is 0.223 e. The molecular weight excluding hydrogens is 242 g/mol. The van der Waals surface area contributed by atoms with Crippen molar-refractivity contribution in [3.63, 3.8) is 0 Å². The van der Waals surface area contributed by atoms with E-state index >= 15 is 0 Å². The van der Waals surface area contributed by atoms with Gasteiger partial charge in [-0.3, -0.25) is 9.59 Å². The van der Waals surface area contributed by atoms with Crippen molar-refractivity contribution >= 4 is 11.8 Å². The predicted octanol–water partition coefficient (Wildman–Crippen LogP) is 0.910. The van der Waals surface area contributed by atoms with Gasteiger partial charge in [0.05, 0.1) is 0 Å². The van der Waals surface area contributed by atoms with E-state index in [4.69, 9.17) is 11.5 Å². The minimum atomic E-state index is -0.589. The third kappa shape index (κ3) is 5.19. The van der Waals surface area contributed by atoms with Crippen molar-refractivity contribution in [2.75, 3.05) is 0 Å². The number of nitrogens with one attached hydrogen (secondary N) is 1. The molecule has 0 bridgehead atoms. The number of hydrogen-bond acceptors (Lipinski definition) is 3. The quantitative estimate of drug-likeness (QED) is 0.692. The minimum absolute atomic E-state index is 0.00894. The number of hydrogen-bond donors (Lipinski definition) is 3. The van der Waals surface area contributed by atoms with Crippen molar-refractivity contribution in [1.29, 1.82) is 0 Å². The van der Waals surface area contributed by atoms with Crippen molar-refractivity contribution in [2.45, 2.75) is 64.5 Å². The summed E-state index contributed by atoms with van der Waals surface area (Å²) in [7, 11) is 0. The lowest BCUT2D eigenvalue weighted by Crippen LogP contribution is -2.49. The summed E-state index contributed by atoms with van der Waals surface area (Å²) in [5.41, 5.74) is 10.6. The molecular formula is C14H27N3O2. The van der Waals surface area contributed by atoms with Gasteiger partial charge in [0.2, 0.25) is 11.8 Å². The van der Waals surface area contributed by atoms with Crippen LogP contribution >= 0.6 is 0 Å². The van der Waals surface area contributed by atoms with Crippen LogP contribution in [0.5, 0.6) is 0 Å². The van der Waals surface area contributed by atoms with E-state index in [0.29, 0.717) is 5.92 Å². The van der Waals surface area contributed by atoms with Gasteiger partial charge < -0.3 is 16.8 Å². The number of primary amides is 1. The maximum absolute atomic E-state index is 12.2. The summed E-state index contributed by atoms with van der Waals surface area (Å²) in [6.45, 7) is 5.57. The van der Waals surface area contributed by atoms with E-state index in [1.807, 2.05) is 20.8 Å². The Labute approximate surface area is 115 Å². The summed E-state index contributed by atoms with van der Waals surface area (Å²) in [5.74, 6) is -0.144. The van der Waals surface area contributed by atoms with Crippen LogP contribution in [0.4, 0.5) is 0 Å². The fourth-order valence-electron chi connectivity index (χ4n) is 2.86. The van der Waals surface area contributed by atoms with Gasteiger partial charge in [-0.15, -0.1) is 0 Å². The molecule has 0 spiro atoms. The van der Waals surface area contributed by atoms with Crippen LogP contribution in [0.2, 0.25) is 0 Å². The number of rotatable bonds is 5. The van der Waals surface area contributed by atoms with Gasteiger partial charge in [-0.05, 0) is 39.0 Å². The molecule has 0 aromatic heterocycles. The fourth-order valence-corrected chi connectivity index (χ4v) is 2.86. The maximum atomic E-state index is 12.2. The smallest absolute Gasteiger partial charge is 0.223 e. The Morgan fingerprint density at radius 3 is 2.53 bits per heavy atom. The SMILES string of the molecule is CC(C(=O)NC(C)(C)CC(N)=O)C1CCCC(N)C1. The Kier molecular flexibility index (Phi) is 5.35. The zero-order chi connectivity index (χ0) is 14.6. The van der Waals surface area contributed by atoms with Crippen LogP contribution in [0.25, 0.3) is 0 Å². The average Bonchev–Trinajstić information content (AvgIpc) is 2.25. The Bertz CT molecular complexity index is 342. The summed E-state index contributed by atoms with van der Waals surface area (Å²) in [6.07, 6.45) is 4.26. The van der Waals surface area contributed by atoms with Crippen LogP contribution in [0.1, 0.15) is 52.9 Å². The van der Waals surface area contributed by atoms with E-state index in [-0.39, 0.29) is 24.3 Å². The van der Waals surface area contributed by atoms with Gasteiger partial charge in [-0.2, -0.15) is 0 Å². The van der Waals surface area contributed by atoms with E-state index in [0.717, 1.165) is 25.7 Å². The lowest BCUT2D eigenvalue weighted by atomic mass is 9.78. The average molecular weight is 269 g/mol. The molecule has 1 saturated carbocycles. The molecule has 5 N–H and O–H groups in total. The van der Waals surface area contributed by atoms with Gasteiger partial charge in [0.1, 0.15) is 0 Å². The summed E-state index contributed by atoms with van der Waals surface area (Å²) < 4.78 is 0. The molecule has 0 aliphatic heterocycles. The van der Waals surface area contributed by atoms with Crippen LogP contribution in [-0.2, 0) is 9.59 Å². The lowest BCUT2D eigenvalue weighted by Gasteiger charge is -2.33. The topological polar surface area (TPSA) is 98.2 Å². The Morgan fingerprint density at radius 1 is 1.37 bits per heavy atom. The molecule has 1 aliphatic rings. The molecule has 110 valence electrons. The summed E-state index contributed by atoms with van der Waals surface area (Å²) in [4.78, 5) is 23.2. The number of carbonyl (C=O) groups is 2. The van der Waals surface area contributed by atoms with Crippen molar-refractivity contribution in [3.05, 3.63) is 0 Å². The molecule has 3 unspecified atom stereocenters. The molecule has 5 nitrogen and oxygen atoms in total. The molecule has 5 heteroatoms. The lowest BCUT2D eigenvalue weighted by molar-refractivity contribution is -0.128. The zero-order valence-electron chi connectivity index (χ0n) is 12.2. The highest BCUT2D eigenvalue weighted by Crippen LogP contribution is 2.29. The highest BCUT2D eigenvalue weighted by Gasteiger charge is 2.31. The summed E-state index contributed by atoms with van der Waals surface area (Å²) in [5, 5.41) is 2.92. The van der Waals surface area contributed by atoms with Gasteiger partial charge in [0.25, 0.3) is 0 Å². The van der Waals surface area contributed by atoms with E-state index in [2.05, 4.69) is 5.32 Å². The third-order valence-electron chi connectivity index (χ3n) is 3.95. The fraction of sp³-hybridized carbons (Fsp3) is 0.857. The van der Waals surface area contributed by atoms with Gasteiger partial charge in [-0.25, -0.2) is 0 Å². The molecule has 3 atom stereocenters. The van der Waals surface area contributed by atoms with E-state index in [1.54, 1.807) is 0 Å². The van der Waals surface area contributed by atoms with Crippen LogP contribution in [0.3, 0.4) is 0 Å². The predicted molar refractivity (Wildman–Crippen MR) is 75.1 cm³/mol. The van der Waals surface area contributed by atoms with Gasteiger partial charge in [0, 0.05) is 23.9 Å². The van der Waals surface area contributed by atoms with E-state index in [1.165, 1.54) is 0 Å². The van der Waals surface area contributed by atoms with E-state index in [9.17, 15) is 9.59 Å². The standard InChI is InChI=1S/C14H27N3O2/c1-9(10-5-4-6-11(15)7-10)13(19)17-14(2,3)8-12(16)18/h9-11H,4-8,15H2,1-3H3,(H2,16,18)(H,17,19). The Morgan fingerprint density at radius 2 is 2.00 bits per heavy atom. The second kappa shape index (κ2) is 6.37. The first-order valence-corrected chi connectivity index (χ1v) is 7.07.